The van der Waals surface area contributed by atoms with Crippen LogP contribution in [0.1, 0.15) is 24.5 Å². The molecule has 6 nitrogen and oxygen atoms in total. The minimum atomic E-state index is -0.170. The number of thiocarbonyl (C=S) groups is 1. The molecule has 0 aromatic heterocycles. The van der Waals surface area contributed by atoms with Gasteiger partial charge in [0, 0.05) is 28.4 Å². The Bertz CT molecular complexity index is 1100. The van der Waals surface area contributed by atoms with Crippen LogP contribution in [0.3, 0.4) is 0 Å². The molecule has 0 amide bonds. The van der Waals surface area contributed by atoms with E-state index in [1.165, 1.54) is 17.0 Å². The molecule has 3 aromatic carbocycles. The molecule has 0 heterocycles. The summed E-state index contributed by atoms with van der Waals surface area (Å²) in [6.45, 7) is 1.84. The van der Waals surface area contributed by atoms with E-state index in [9.17, 15) is 5.11 Å². The summed E-state index contributed by atoms with van der Waals surface area (Å²) in [5, 5.41) is 29.1. The summed E-state index contributed by atoms with van der Waals surface area (Å²) in [5.41, 5.74) is 13.8. The topological polar surface area (TPSA) is 123 Å². The lowest BCUT2D eigenvalue weighted by Crippen LogP contribution is -2.41. The normalized spacial score (nSPS) is 10.6. The Morgan fingerprint density at radius 3 is 2.43 bits per heavy atom. The Labute approximate surface area is 168 Å². The van der Waals surface area contributed by atoms with E-state index in [0.29, 0.717) is 23.4 Å². The standard InChI is InChI=1S/C21H21N5OS/c1-2-16(22)14-10-15(19(27)11-17(14)23)20(24)26(21(25)28)18-9-5-7-12-6-3-4-8-13(12)18/h3-11,22,24,27H,2,23H2,1H3,(H2,25,28). The van der Waals surface area contributed by atoms with Gasteiger partial charge in [0.2, 0.25) is 0 Å². The number of hydrogen-bond acceptors (Lipinski definition) is 5. The van der Waals surface area contributed by atoms with Crippen LogP contribution in [-0.4, -0.2) is 21.8 Å². The second-order valence-corrected chi connectivity index (χ2v) is 6.73. The van der Waals surface area contributed by atoms with E-state index in [0.717, 1.165) is 10.8 Å². The number of amidine groups is 1. The molecule has 0 aliphatic carbocycles. The molecule has 3 rings (SSSR count). The fraction of sp³-hybridized carbons (Fsp3) is 0.0952. The molecule has 0 aliphatic heterocycles. The smallest absolute Gasteiger partial charge is 0.176 e. The molecule has 7 heteroatoms. The predicted octanol–water partition coefficient (Wildman–Crippen LogP) is 3.98. The number of fused-ring (bicyclic) bond motifs is 1. The van der Waals surface area contributed by atoms with Gasteiger partial charge in [-0.2, -0.15) is 0 Å². The quantitative estimate of drug-likeness (QED) is 0.199. The van der Waals surface area contributed by atoms with E-state index < -0.39 is 0 Å². The minimum Gasteiger partial charge on any atom is -0.507 e. The van der Waals surface area contributed by atoms with Crippen molar-refractivity contribution in [2.75, 3.05) is 10.6 Å². The molecule has 0 atom stereocenters. The molecule has 0 saturated heterocycles. The molecule has 0 bridgehead atoms. The highest BCUT2D eigenvalue weighted by Crippen LogP contribution is 2.31. The summed E-state index contributed by atoms with van der Waals surface area (Å²) in [6, 6.07) is 16.2. The molecular weight excluding hydrogens is 370 g/mol. The number of phenolic OH excluding ortho intramolecular Hbond substituents is 1. The number of anilines is 2. The first kappa shape index (κ1) is 19.3. The zero-order valence-electron chi connectivity index (χ0n) is 15.4. The molecule has 0 fully saturated rings. The number of benzene rings is 3. The fourth-order valence-electron chi connectivity index (χ4n) is 3.12. The number of nitrogens with one attached hydrogen (secondary N) is 2. The van der Waals surface area contributed by atoms with Crippen LogP contribution in [0.15, 0.2) is 54.6 Å². The van der Waals surface area contributed by atoms with Gasteiger partial charge in [-0.3, -0.25) is 10.3 Å². The van der Waals surface area contributed by atoms with Crippen molar-refractivity contribution in [3.05, 3.63) is 65.7 Å². The van der Waals surface area contributed by atoms with Crippen LogP contribution in [0.4, 0.5) is 11.4 Å². The highest BCUT2D eigenvalue weighted by molar-refractivity contribution is 7.80. The Kier molecular flexibility index (Phi) is 5.28. The SMILES string of the molecule is CCC(=N)c1cc(C(=N)N(C(N)=S)c2cccc3ccccc23)c(O)cc1N. The van der Waals surface area contributed by atoms with Crippen molar-refractivity contribution in [1.82, 2.24) is 0 Å². The highest BCUT2D eigenvalue weighted by Gasteiger charge is 2.23. The van der Waals surface area contributed by atoms with Gasteiger partial charge in [-0.1, -0.05) is 43.3 Å². The maximum Gasteiger partial charge on any atom is 0.176 e. The molecule has 142 valence electrons. The maximum absolute atomic E-state index is 10.4. The van der Waals surface area contributed by atoms with Crippen molar-refractivity contribution in [1.29, 1.82) is 10.8 Å². The fourth-order valence-corrected chi connectivity index (χ4v) is 3.31. The molecule has 0 aliphatic rings. The van der Waals surface area contributed by atoms with Crippen LogP contribution in [0, 0.1) is 10.8 Å². The number of hydrogen-bond donors (Lipinski definition) is 5. The van der Waals surface area contributed by atoms with Crippen LogP contribution in [0.25, 0.3) is 10.8 Å². The minimum absolute atomic E-state index is 0.0234. The molecule has 28 heavy (non-hydrogen) atoms. The van der Waals surface area contributed by atoms with Crippen LogP contribution >= 0.6 is 12.2 Å². The molecule has 0 radical (unpaired) electrons. The Balaban J connectivity index is 2.18. The lowest BCUT2D eigenvalue weighted by atomic mass is 10.0. The Hall–Kier alpha value is -3.45. The summed E-state index contributed by atoms with van der Waals surface area (Å²) in [7, 11) is 0. The van der Waals surface area contributed by atoms with Gasteiger partial charge < -0.3 is 22.0 Å². The van der Waals surface area contributed by atoms with Crippen LogP contribution in [-0.2, 0) is 0 Å². The van der Waals surface area contributed by atoms with Crippen LogP contribution in [0.2, 0.25) is 0 Å². The second kappa shape index (κ2) is 7.66. The predicted molar refractivity (Wildman–Crippen MR) is 120 cm³/mol. The highest BCUT2D eigenvalue weighted by atomic mass is 32.1. The molecule has 3 aromatic rings. The van der Waals surface area contributed by atoms with Gasteiger partial charge in [-0.05, 0) is 36.2 Å². The lowest BCUT2D eigenvalue weighted by molar-refractivity contribution is 0.474. The van der Waals surface area contributed by atoms with Crippen LogP contribution in [0.5, 0.6) is 5.75 Å². The first-order chi connectivity index (χ1) is 13.3. The second-order valence-electron chi connectivity index (χ2n) is 6.31. The summed E-state index contributed by atoms with van der Waals surface area (Å²) >= 11 is 5.23. The third kappa shape index (κ3) is 3.39. The molecular formula is C21H21N5OS. The van der Waals surface area contributed by atoms with Crippen molar-refractivity contribution in [3.8, 4) is 5.75 Å². The summed E-state index contributed by atoms with van der Waals surface area (Å²) in [4.78, 5) is 1.41. The van der Waals surface area contributed by atoms with Crippen LogP contribution < -0.4 is 16.4 Å². The number of phenols is 1. The van der Waals surface area contributed by atoms with Gasteiger partial charge in [-0.15, -0.1) is 0 Å². The van der Waals surface area contributed by atoms with E-state index in [1.807, 2.05) is 49.4 Å². The number of nitrogens with zero attached hydrogens (tertiary/aromatic N) is 1. The van der Waals surface area contributed by atoms with Crippen molar-refractivity contribution in [3.63, 3.8) is 0 Å². The first-order valence-corrected chi connectivity index (χ1v) is 9.12. The summed E-state index contributed by atoms with van der Waals surface area (Å²) in [5.74, 6) is -0.261. The van der Waals surface area contributed by atoms with E-state index in [2.05, 4.69) is 0 Å². The van der Waals surface area contributed by atoms with E-state index >= 15 is 0 Å². The van der Waals surface area contributed by atoms with Gasteiger partial charge in [0.1, 0.15) is 11.6 Å². The zero-order valence-corrected chi connectivity index (χ0v) is 16.2. The first-order valence-electron chi connectivity index (χ1n) is 8.71. The van der Waals surface area contributed by atoms with Gasteiger partial charge in [0.25, 0.3) is 0 Å². The number of rotatable bonds is 4. The number of aromatic hydroxyl groups is 1. The molecule has 0 saturated carbocycles. The Morgan fingerprint density at radius 2 is 1.75 bits per heavy atom. The van der Waals surface area contributed by atoms with E-state index in [4.69, 9.17) is 34.5 Å². The van der Waals surface area contributed by atoms with E-state index in [-0.39, 0.29) is 27.9 Å². The molecule has 7 N–H and O–H groups in total. The average molecular weight is 392 g/mol. The van der Waals surface area contributed by atoms with Gasteiger partial charge in [0.15, 0.2) is 5.11 Å². The number of nitrogens with two attached hydrogens (primary N) is 2. The lowest BCUT2D eigenvalue weighted by Gasteiger charge is -2.26. The van der Waals surface area contributed by atoms with E-state index in [1.54, 1.807) is 0 Å². The zero-order chi connectivity index (χ0) is 20.4. The summed E-state index contributed by atoms with van der Waals surface area (Å²) in [6.07, 6.45) is 0.476. The van der Waals surface area contributed by atoms with Crippen molar-refractivity contribution in [2.24, 2.45) is 5.73 Å². The molecule has 0 unspecified atom stereocenters. The average Bonchev–Trinajstić information content (AvgIpc) is 2.67. The largest absolute Gasteiger partial charge is 0.507 e. The van der Waals surface area contributed by atoms with Gasteiger partial charge in [0.05, 0.1) is 11.3 Å². The van der Waals surface area contributed by atoms with Crippen molar-refractivity contribution in [2.45, 2.75) is 13.3 Å². The number of nitrogen functional groups attached to an aromatic ring is 1. The molecule has 0 spiro atoms. The van der Waals surface area contributed by atoms with Crippen molar-refractivity contribution >= 4 is 51.0 Å². The third-order valence-corrected chi connectivity index (χ3v) is 4.74. The van der Waals surface area contributed by atoms with Crippen molar-refractivity contribution < 1.29 is 5.11 Å². The Morgan fingerprint density at radius 1 is 1.07 bits per heavy atom. The van der Waals surface area contributed by atoms with Gasteiger partial charge in [-0.25, -0.2) is 0 Å². The monoisotopic (exact) mass is 391 g/mol. The maximum atomic E-state index is 10.4. The van der Waals surface area contributed by atoms with Gasteiger partial charge >= 0.3 is 0 Å². The third-order valence-electron chi connectivity index (χ3n) is 4.55. The summed E-state index contributed by atoms with van der Waals surface area (Å²) < 4.78 is 0.